The van der Waals surface area contributed by atoms with Crippen molar-refractivity contribution in [2.45, 2.75) is 0 Å². The van der Waals surface area contributed by atoms with E-state index in [9.17, 15) is 0 Å². The zero-order valence-electron chi connectivity index (χ0n) is 32.0. The first kappa shape index (κ1) is 34.7. The zero-order valence-corrected chi connectivity index (χ0v) is 32.8. The van der Waals surface area contributed by atoms with Gasteiger partial charge in [-0.05, 0) is 67.4 Å². The van der Waals surface area contributed by atoms with Crippen LogP contribution in [0, 0.1) is 0 Å². The topological polar surface area (TPSA) is 38.7 Å². The fourth-order valence-corrected chi connectivity index (χ4v) is 9.46. The fraction of sp³-hybridized carbons (Fsp3) is 0. The molecular weight excluding hydrogens is 735 g/mol. The summed E-state index contributed by atoms with van der Waals surface area (Å²) in [5.41, 5.74) is 12.4. The minimum atomic E-state index is 0.636. The number of hydrogen-bond acceptors (Lipinski definition) is 4. The zero-order chi connectivity index (χ0) is 39.1. The van der Waals surface area contributed by atoms with Gasteiger partial charge < -0.3 is 0 Å². The van der Waals surface area contributed by atoms with Gasteiger partial charge in [0.1, 0.15) is 0 Å². The van der Waals surface area contributed by atoms with E-state index < -0.39 is 0 Å². The van der Waals surface area contributed by atoms with E-state index in [1.165, 1.54) is 48.2 Å². The molecule has 0 atom stereocenters. The highest BCUT2D eigenvalue weighted by Crippen LogP contribution is 2.44. The molecule has 11 aromatic rings. The van der Waals surface area contributed by atoms with Crippen LogP contribution in [0.15, 0.2) is 212 Å². The molecule has 0 aliphatic heterocycles. The highest BCUT2D eigenvalue weighted by Gasteiger charge is 2.20. The summed E-state index contributed by atoms with van der Waals surface area (Å²) in [6.07, 6.45) is 0. The molecule has 0 bridgehead atoms. The van der Waals surface area contributed by atoms with Crippen molar-refractivity contribution in [2.75, 3.05) is 0 Å². The van der Waals surface area contributed by atoms with Crippen LogP contribution in [-0.2, 0) is 0 Å². The third-order valence-corrected chi connectivity index (χ3v) is 12.4. The summed E-state index contributed by atoms with van der Waals surface area (Å²) in [5, 5.41) is 4.58. The molecule has 0 aliphatic carbocycles. The highest BCUT2D eigenvalue weighted by molar-refractivity contribution is 7.26. The Morgan fingerprint density at radius 1 is 0.288 bits per heavy atom. The first-order chi connectivity index (χ1) is 29.2. The number of hydrogen-bond donors (Lipinski definition) is 0. The van der Waals surface area contributed by atoms with E-state index in [-0.39, 0.29) is 0 Å². The maximum atomic E-state index is 5.36. The van der Waals surface area contributed by atoms with Crippen LogP contribution < -0.4 is 0 Å². The van der Waals surface area contributed by atoms with Crippen LogP contribution in [0.2, 0.25) is 0 Å². The summed E-state index contributed by atoms with van der Waals surface area (Å²) in [5.74, 6) is 1.93. The second-order valence-electron chi connectivity index (χ2n) is 14.8. The van der Waals surface area contributed by atoms with Gasteiger partial charge in [-0.2, -0.15) is 0 Å². The predicted octanol–water partition coefficient (Wildman–Crippen LogP) is 15.1. The molecule has 59 heavy (non-hydrogen) atoms. The van der Waals surface area contributed by atoms with Crippen molar-refractivity contribution in [3.8, 4) is 78.7 Å². The van der Waals surface area contributed by atoms with E-state index in [1.54, 1.807) is 0 Å². The normalized spacial score (nSPS) is 11.4. The standard InChI is InChI=1S/C55H35N3S/c1-4-13-36(14-5-1)39-25-29-42(30-26-39)45-20-11-22-47-51-48(23-12-24-50(51)59-52(45)47)55-57-53(43-32-27-40(28-33-43)37-15-6-2-7-16-37)56-54(58-55)46-21-10-19-41-31-34-44(35-49(41)46)38-17-8-3-9-18-38/h1-35H. The number of rotatable bonds is 7. The van der Waals surface area contributed by atoms with Gasteiger partial charge in [-0.3, -0.25) is 0 Å². The molecule has 0 radical (unpaired) electrons. The summed E-state index contributed by atoms with van der Waals surface area (Å²) in [4.78, 5) is 15.9. The van der Waals surface area contributed by atoms with Crippen LogP contribution in [0.4, 0.5) is 0 Å². The third-order valence-electron chi connectivity index (χ3n) is 11.2. The molecule has 0 spiro atoms. The summed E-state index contributed by atoms with van der Waals surface area (Å²) >= 11 is 1.82. The number of fused-ring (bicyclic) bond motifs is 4. The Morgan fingerprint density at radius 3 is 1.42 bits per heavy atom. The van der Waals surface area contributed by atoms with E-state index in [2.05, 4.69) is 206 Å². The molecule has 0 aliphatic rings. The molecule has 0 unspecified atom stereocenters. The number of benzene rings is 9. The van der Waals surface area contributed by atoms with Crippen molar-refractivity contribution >= 4 is 42.3 Å². The summed E-state index contributed by atoms with van der Waals surface area (Å²) in [6.45, 7) is 0. The molecular formula is C55H35N3S. The third kappa shape index (κ3) is 6.46. The lowest BCUT2D eigenvalue weighted by Crippen LogP contribution is -2.01. The summed E-state index contributed by atoms with van der Waals surface area (Å²) in [6, 6.07) is 75.2. The molecule has 9 aromatic carbocycles. The van der Waals surface area contributed by atoms with Crippen molar-refractivity contribution in [1.29, 1.82) is 0 Å². The lowest BCUT2D eigenvalue weighted by atomic mass is 9.97. The Balaban J connectivity index is 1.09. The van der Waals surface area contributed by atoms with Gasteiger partial charge in [0.05, 0.1) is 0 Å². The molecule has 0 fully saturated rings. The highest BCUT2D eigenvalue weighted by atomic mass is 32.1. The van der Waals surface area contributed by atoms with E-state index in [0.29, 0.717) is 17.5 Å². The molecule has 0 saturated carbocycles. The van der Waals surface area contributed by atoms with Gasteiger partial charge in [0.2, 0.25) is 0 Å². The molecule has 2 aromatic heterocycles. The van der Waals surface area contributed by atoms with Gasteiger partial charge in [-0.25, -0.2) is 15.0 Å². The molecule has 0 amide bonds. The smallest absolute Gasteiger partial charge is 0.164 e. The largest absolute Gasteiger partial charge is 0.208 e. The van der Waals surface area contributed by atoms with Gasteiger partial charge in [-0.1, -0.05) is 200 Å². The Hall–Kier alpha value is -7.53. The Labute approximate surface area is 346 Å². The molecule has 276 valence electrons. The van der Waals surface area contributed by atoms with Crippen LogP contribution in [0.1, 0.15) is 0 Å². The van der Waals surface area contributed by atoms with Crippen molar-refractivity contribution in [1.82, 2.24) is 15.0 Å². The van der Waals surface area contributed by atoms with Crippen molar-refractivity contribution in [3.63, 3.8) is 0 Å². The molecule has 11 rings (SSSR count). The van der Waals surface area contributed by atoms with Gasteiger partial charge in [-0.15, -0.1) is 11.3 Å². The molecule has 0 saturated heterocycles. The van der Waals surface area contributed by atoms with Gasteiger partial charge in [0, 0.05) is 36.9 Å². The van der Waals surface area contributed by atoms with Crippen LogP contribution in [-0.4, -0.2) is 15.0 Å². The fourth-order valence-electron chi connectivity index (χ4n) is 8.20. The van der Waals surface area contributed by atoms with Crippen molar-refractivity contribution < 1.29 is 0 Å². The average molecular weight is 770 g/mol. The van der Waals surface area contributed by atoms with E-state index in [4.69, 9.17) is 15.0 Å². The van der Waals surface area contributed by atoms with Crippen LogP contribution in [0.5, 0.6) is 0 Å². The Morgan fingerprint density at radius 2 is 0.763 bits per heavy atom. The minimum Gasteiger partial charge on any atom is -0.208 e. The van der Waals surface area contributed by atoms with Crippen LogP contribution in [0.3, 0.4) is 0 Å². The average Bonchev–Trinajstić information content (AvgIpc) is 3.71. The number of thiophene rings is 1. The van der Waals surface area contributed by atoms with Gasteiger partial charge in [0.25, 0.3) is 0 Å². The second-order valence-corrected chi connectivity index (χ2v) is 15.8. The molecule has 3 nitrogen and oxygen atoms in total. The molecule has 2 heterocycles. The SMILES string of the molecule is c1ccc(-c2ccc(-c3nc(-c4cccc5ccc(-c6ccccc6)cc45)nc(-c4cccc5sc6c(-c7ccc(-c8ccccc8)cc7)cccc6c45)n3)cc2)cc1. The van der Waals surface area contributed by atoms with Crippen LogP contribution in [0.25, 0.3) is 110 Å². The van der Waals surface area contributed by atoms with Crippen molar-refractivity contribution in [3.05, 3.63) is 212 Å². The first-order valence-corrected chi connectivity index (χ1v) is 20.7. The quantitative estimate of drug-likeness (QED) is 0.162. The lowest BCUT2D eigenvalue weighted by molar-refractivity contribution is 1.08. The Kier molecular flexibility index (Phi) is 8.68. The van der Waals surface area contributed by atoms with E-state index in [0.717, 1.165) is 44.0 Å². The minimum absolute atomic E-state index is 0.636. The van der Waals surface area contributed by atoms with Crippen LogP contribution >= 0.6 is 11.3 Å². The first-order valence-electron chi connectivity index (χ1n) is 19.8. The lowest BCUT2D eigenvalue weighted by Gasteiger charge is -2.12. The molecule has 0 N–H and O–H groups in total. The summed E-state index contributed by atoms with van der Waals surface area (Å²) < 4.78 is 2.44. The van der Waals surface area contributed by atoms with E-state index >= 15 is 0 Å². The maximum absolute atomic E-state index is 5.36. The van der Waals surface area contributed by atoms with Gasteiger partial charge in [0.15, 0.2) is 17.5 Å². The second kappa shape index (κ2) is 14.8. The van der Waals surface area contributed by atoms with Crippen molar-refractivity contribution in [2.24, 2.45) is 0 Å². The van der Waals surface area contributed by atoms with Gasteiger partial charge >= 0.3 is 0 Å². The molecule has 4 heteroatoms. The number of nitrogens with zero attached hydrogens (tertiary/aromatic N) is 3. The maximum Gasteiger partial charge on any atom is 0.164 e. The monoisotopic (exact) mass is 769 g/mol. The summed E-state index contributed by atoms with van der Waals surface area (Å²) in [7, 11) is 0. The predicted molar refractivity (Wildman–Crippen MR) is 248 cm³/mol. The number of aromatic nitrogens is 3. The Bertz CT molecular complexity index is 3280. The van der Waals surface area contributed by atoms with E-state index in [1.807, 2.05) is 17.4 Å².